The van der Waals surface area contributed by atoms with Crippen molar-refractivity contribution in [3.05, 3.63) is 35.7 Å². The van der Waals surface area contributed by atoms with Crippen molar-refractivity contribution in [2.45, 2.75) is 29.9 Å². The van der Waals surface area contributed by atoms with Gasteiger partial charge in [0, 0.05) is 18.0 Å². The van der Waals surface area contributed by atoms with Crippen molar-refractivity contribution < 1.29 is 4.74 Å². The summed E-state index contributed by atoms with van der Waals surface area (Å²) in [7, 11) is 0. The van der Waals surface area contributed by atoms with E-state index in [1.807, 2.05) is 24.3 Å². The number of nitrogens with two attached hydrogens (primary N) is 2. The van der Waals surface area contributed by atoms with Crippen LogP contribution in [0.3, 0.4) is 0 Å². The van der Waals surface area contributed by atoms with Crippen LogP contribution in [0, 0.1) is 0 Å². The number of aromatic nitrogens is 3. The van der Waals surface area contributed by atoms with Crippen LogP contribution in [0.1, 0.15) is 30.3 Å². The number of hydrogen-bond acceptors (Lipinski definition) is 6. The summed E-state index contributed by atoms with van der Waals surface area (Å²) in [6.07, 6.45) is 1.99. The number of nitrogen functional groups attached to an aromatic ring is 2. The summed E-state index contributed by atoms with van der Waals surface area (Å²) in [4.78, 5) is 0. The van der Waals surface area contributed by atoms with Crippen LogP contribution in [0.4, 0.5) is 5.69 Å². The van der Waals surface area contributed by atoms with Crippen LogP contribution in [0.25, 0.3) is 0 Å². The fraction of sp³-hybridized carbons (Fsp3) is 0.385. The van der Waals surface area contributed by atoms with Crippen molar-refractivity contribution in [1.29, 1.82) is 0 Å². The second-order valence-corrected chi connectivity index (χ2v) is 5.69. The molecule has 1 saturated heterocycles. The normalized spacial score (nSPS) is 18.5. The van der Waals surface area contributed by atoms with Crippen molar-refractivity contribution in [1.82, 2.24) is 14.9 Å². The quantitative estimate of drug-likeness (QED) is 0.506. The van der Waals surface area contributed by atoms with E-state index in [0.717, 1.165) is 30.9 Å². The molecule has 106 valence electrons. The second kappa shape index (κ2) is 5.72. The van der Waals surface area contributed by atoms with Crippen LogP contribution in [0.15, 0.2) is 29.4 Å². The van der Waals surface area contributed by atoms with Gasteiger partial charge in [0.25, 0.3) is 0 Å². The van der Waals surface area contributed by atoms with Crippen LogP contribution in [-0.4, -0.2) is 21.5 Å². The van der Waals surface area contributed by atoms with Gasteiger partial charge in [-0.25, -0.2) is 4.68 Å². The van der Waals surface area contributed by atoms with E-state index >= 15 is 0 Å². The highest BCUT2D eigenvalue weighted by Gasteiger charge is 2.24. The molecular formula is C13H17N5OS. The molecule has 1 aromatic carbocycles. The number of benzene rings is 1. The predicted octanol–water partition coefficient (Wildman–Crippen LogP) is 1.72. The molecule has 0 radical (unpaired) electrons. The van der Waals surface area contributed by atoms with Crippen LogP contribution in [0.5, 0.6) is 0 Å². The number of rotatable bonds is 4. The number of ether oxygens (including phenoxy) is 1. The third kappa shape index (κ3) is 2.73. The predicted molar refractivity (Wildman–Crippen MR) is 78.5 cm³/mol. The molecule has 1 aliphatic rings. The zero-order valence-electron chi connectivity index (χ0n) is 11.0. The van der Waals surface area contributed by atoms with E-state index in [1.54, 1.807) is 11.8 Å². The molecule has 2 aromatic rings. The van der Waals surface area contributed by atoms with Gasteiger partial charge in [0.2, 0.25) is 5.16 Å². The smallest absolute Gasteiger partial charge is 0.210 e. The number of hydrogen-bond donors (Lipinski definition) is 2. The molecule has 0 aliphatic carbocycles. The van der Waals surface area contributed by atoms with Crippen molar-refractivity contribution in [3.63, 3.8) is 0 Å². The number of anilines is 1. The Kier molecular flexibility index (Phi) is 3.79. The summed E-state index contributed by atoms with van der Waals surface area (Å²) in [6.45, 7) is 0.769. The fourth-order valence-corrected chi connectivity index (χ4v) is 2.97. The molecular weight excluding hydrogens is 274 g/mol. The maximum Gasteiger partial charge on any atom is 0.210 e. The molecule has 1 aliphatic heterocycles. The summed E-state index contributed by atoms with van der Waals surface area (Å²) in [5.41, 5.74) is 7.60. The Balaban J connectivity index is 1.67. The summed E-state index contributed by atoms with van der Waals surface area (Å²) >= 11 is 1.55. The van der Waals surface area contributed by atoms with Gasteiger partial charge in [0.15, 0.2) is 5.82 Å². The Hall–Kier alpha value is -1.73. The highest BCUT2D eigenvalue weighted by molar-refractivity contribution is 7.98. The minimum absolute atomic E-state index is 0.0154. The molecule has 2 heterocycles. The molecule has 1 unspecified atom stereocenters. The van der Waals surface area contributed by atoms with Gasteiger partial charge in [-0.15, -0.1) is 10.2 Å². The first-order chi connectivity index (χ1) is 9.74. The lowest BCUT2D eigenvalue weighted by Crippen LogP contribution is -2.16. The first-order valence-corrected chi connectivity index (χ1v) is 7.52. The molecule has 0 saturated carbocycles. The lowest BCUT2D eigenvalue weighted by molar-refractivity contribution is 0.103. The molecule has 20 heavy (non-hydrogen) atoms. The van der Waals surface area contributed by atoms with Crippen LogP contribution >= 0.6 is 11.8 Å². The SMILES string of the molecule is Nc1ccc(CSc2nnc(C3CCCO3)n2N)cc1. The van der Waals surface area contributed by atoms with E-state index in [-0.39, 0.29) is 6.10 Å². The molecule has 0 spiro atoms. The summed E-state index contributed by atoms with van der Waals surface area (Å²) in [5, 5.41) is 8.99. The lowest BCUT2D eigenvalue weighted by Gasteiger charge is -2.08. The van der Waals surface area contributed by atoms with Crippen molar-refractivity contribution in [2.24, 2.45) is 0 Å². The molecule has 0 bridgehead atoms. The second-order valence-electron chi connectivity index (χ2n) is 4.74. The van der Waals surface area contributed by atoms with E-state index in [4.69, 9.17) is 16.3 Å². The monoisotopic (exact) mass is 291 g/mol. The summed E-state index contributed by atoms with van der Waals surface area (Å²) < 4.78 is 7.12. The van der Waals surface area contributed by atoms with Crippen LogP contribution < -0.4 is 11.6 Å². The molecule has 0 amide bonds. The average molecular weight is 291 g/mol. The van der Waals surface area contributed by atoms with E-state index in [9.17, 15) is 0 Å². The van der Waals surface area contributed by atoms with Gasteiger partial charge in [0.05, 0.1) is 0 Å². The average Bonchev–Trinajstić information content (AvgIpc) is 3.08. The van der Waals surface area contributed by atoms with Gasteiger partial charge in [-0.1, -0.05) is 23.9 Å². The molecule has 1 aromatic heterocycles. The van der Waals surface area contributed by atoms with E-state index in [2.05, 4.69) is 10.2 Å². The van der Waals surface area contributed by atoms with Crippen LogP contribution in [0.2, 0.25) is 0 Å². The summed E-state index contributed by atoms with van der Waals surface area (Å²) in [6, 6.07) is 7.78. The van der Waals surface area contributed by atoms with Crippen molar-refractivity contribution in [2.75, 3.05) is 18.2 Å². The van der Waals surface area contributed by atoms with Crippen molar-refractivity contribution >= 4 is 17.4 Å². The highest BCUT2D eigenvalue weighted by Crippen LogP contribution is 2.29. The summed E-state index contributed by atoms with van der Waals surface area (Å²) in [5.74, 6) is 7.53. The maximum absolute atomic E-state index is 6.04. The first kappa shape index (κ1) is 13.3. The van der Waals surface area contributed by atoms with Crippen LogP contribution in [-0.2, 0) is 10.5 Å². The Labute approximate surface area is 121 Å². The Morgan fingerprint density at radius 1 is 1.30 bits per heavy atom. The zero-order valence-corrected chi connectivity index (χ0v) is 11.8. The van der Waals surface area contributed by atoms with Gasteiger partial charge >= 0.3 is 0 Å². The minimum Gasteiger partial charge on any atom is -0.399 e. The third-order valence-corrected chi connectivity index (χ3v) is 4.27. The van der Waals surface area contributed by atoms with E-state index in [0.29, 0.717) is 11.0 Å². The number of thioether (sulfide) groups is 1. The van der Waals surface area contributed by atoms with Crippen molar-refractivity contribution in [3.8, 4) is 0 Å². The topological polar surface area (TPSA) is 92.0 Å². The fourth-order valence-electron chi connectivity index (χ4n) is 2.15. The van der Waals surface area contributed by atoms with Gasteiger partial charge in [-0.05, 0) is 30.5 Å². The molecule has 4 N–H and O–H groups in total. The number of nitrogens with zero attached hydrogens (tertiary/aromatic N) is 3. The Morgan fingerprint density at radius 3 is 2.80 bits per heavy atom. The molecule has 1 fully saturated rings. The highest BCUT2D eigenvalue weighted by atomic mass is 32.2. The van der Waals surface area contributed by atoms with Gasteiger partial charge in [-0.3, -0.25) is 0 Å². The molecule has 1 atom stereocenters. The largest absolute Gasteiger partial charge is 0.399 e. The van der Waals surface area contributed by atoms with Gasteiger partial charge < -0.3 is 16.3 Å². The van der Waals surface area contributed by atoms with Gasteiger partial charge in [-0.2, -0.15) is 0 Å². The lowest BCUT2D eigenvalue weighted by atomic mass is 10.2. The standard InChI is InChI=1S/C13H17N5OS/c14-10-5-3-9(4-6-10)8-20-13-17-16-12(18(13)15)11-2-1-7-19-11/h3-6,11H,1-2,7-8,14-15H2. The molecule has 3 rings (SSSR count). The Morgan fingerprint density at radius 2 is 2.10 bits per heavy atom. The zero-order chi connectivity index (χ0) is 13.9. The molecule has 6 nitrogen and oxygen atoms in total. The maximum atomic E-state index is 6.04. The minimum atomic E-state index is -0.0154. The molecule has 7 heteroatoms. The van der Waals surface area contributed by atoms with Gasteiger partial charge in [0.1, 0.15) is 6.10 Å². The Bertz CT molecular complexity index is 577. The first-order valence-electron chi connectivity index (χ1n) is 6.53. The third-order valence-electron chi connectivity index (χ3n) is 3.26. The van der Waals surface area contributed by atoms with E-state index < -0.39 is 0 Å². The van der Waals surface area contributed by atoms with E-state index in [1.165, 1.54) is 10.2 Å².